The van der Waals surface area contributed by atoms with E-state index in [2.05, 4.69) is 20.8 Å². The summed E-state index contributed by atoms with van der Waals surface area (Å²) in [6.07, 6.45) is 6.75. The van der Waals surface area contributed by atoms with Gasteiger partial charge in [-0.1, -0.05) is 30.9 Å². The molecule has 0 radical (unpaired) electrons. The zero-order valence-electron chi connectivity index (χ0n) is 10.2. The van der Waals surface area contributed by atoms with E-state index >= 15 is 0 Å². The molecule has 0 amide bonds. The molecule has 0 bridgehead atoms. The molecule has 1 heterocycles. The number of nitrogens with zero attached hydrogens (tertiary/aromatic N) is 1. The molecule has 1 spiro atoms. The zero-order valence-corrected chi connectivity index (χ0v) is 12.5. The van der Waals surface area contributed by atoms with Crippen molar-refractivity contribution in [2.75, 3.05) is 18.0 Å². The van der Waals surface area contributed by atoms with Gasteiger partial charge in [-0.3, -0.25) is 0 Å². The highest BCUT2D eigenvalue weighted by molar-refractivity contribution is 9.10. The molecule has 98 valence electrons. The minimum atomic E-state index is -0.288. The van der Waals surface area contributed by atoms with Crippen molar-refractivity contribution in [3.8, 4) is 0 Å². The van der Waals surface area contributed by atoms with Gasteiger partial charge in [0.2, 0.25) is 0 Å². The third-order valence-corrected chi connectivity index (χ3v) is 5.16. The van der Waals surface area contributed by atoms with Crippen LogP contribution in [0.3, 0.4) is 0 Å². The van der Waals surface area contributed by atoms with E-state index in [0.29, 0.717) is 10.4 Å². The van der Waals surface area contributed by atoms with Gasteiger partial charge in [-0.25, -0.2) is 4.39 Å². The summed E-state index contributed by atoms with van der Waals surface area (Å²) in [7, 11) is 0. The van der Waals surface area contributed by atoms with E-state index in [1.807, 2.05) is 0 Å². The molecule has 4 heteroatoms. The Kier molecular flexibility index (Phi) is 3.31. The predicted molar refractivity (Wildman–Crippen MR) is 76.8 cm³/mol. The van der Waals surface area contributed by atoms with Crippen LogP contribution in [0.4, 0.5) is 10.1 Å². The van der Waals surface area contributed by atoms with Gasteiger partial charge in [-0.15, -0.1) is 0 Å². The minimum absolute atomic E-state index is 0.288. The molecule has 0 unspecified atom stereocenters. The number of hydrogen-bond acceptors (Lipinski definition) is 1. The molecular weight excluding hydrogens is 317 g/mol. The lowest BCUT2D eigenvalue weighted by molar-refractivity contribution is 0.139. The highest BCUT2D eigenvalue weighted by Crippen LogP contribution is 2.48. The van der Waals surface area contributed by atoms with Gasteiger partial charge >= 0.3 is 0 Å². The van der Waals surface area contributed by atoms with E-state index in [1.165, 1.54) is 44.2 Å². The summed E-state index contributed by atoms with van der Waals surface area (Å²) in [6, 6.07) is 2.89. The summed E-state index contributed by atoms with van der Waals surface area (Å²) in [4.78, 5) is 2.27. The quantitative estimate of drug-likeness (QED) is 0.698. The fourth-order valence-electron chi connectivity index (χ4n) is 3.38. The topological polar surface area (TPSA) is 3.24 Å². The zero-order chi connectivity index (χ0) is 12.8. The summed E-state index contributed by atoms with van der Waals surface area (Å²) in [5.41, 5.74) is 1.46. The Morgan fingerprint density at radius 2 is 1.83 bits per heavy atom. The summed E-state index contributed by atoms with van der Waals surface area (Å²) >= 11 is 9.58. The first-order valence-corrected chi connectivity index (χ1v) is 7.66. The van der Waals surface area contributed by atoms with Crippen molar-refractivity contribution in [2.24, 2.45) is 5.41 Å². The molecule has 1 saturated heterocycles. The number of rotatable bonds is 1. The van der Waals surface area contributed by atoms with Gasteiger partial charge in [0.05, 0.1) is 10.7 Å². The Hall–Kier alpha value is -0.280. The van der Waals surface area contributed by atoms with Gasteiger partial charge in [-0.2, -0.15) is 0 Å². The molecule has 18 heavy (non-hydrogen) atoms. The van der Waals surface area contributed by atoms with E-state index in [0.717, 1.165) is 23.2 Å². The lowest BCUT2D eigenvalue weighted by Gasteiger charge is -2.54. The smallest absolute Gasteiger partial charge is 0.125 e. The normalized spacial score (nSPS) is 22.1. The summed E-state index contributed by atoms with van der Waals surface area (Å²) < 4.78 is 14.0. The maximum atomic E-state index is 13.2. The summed E-state index contributed by atoms with van der Waals surface area (Å²) in [5.74, 6) is -0.288. The second kappa shape index (κ2) is 4.68. The first kappa shape index (κ1) is 12.7. The third-order valence-electron chi connectivity index (χ3n) is 4.26. The van der Waals surface area contributed by atoms with Crippen molar-refractivity contribution in [1.29, 1.82) is 0 Å². The van der Waals surface area contributed by atoms with Crippen LogP contribution in [0.5, 0.6) is 0 Å². The van der Waals surface area contributed by atoms with Crippen LogP contribution in [-0.4, -0.2) is 13.1 Å². The Labute approximate surface area is 120 Å². The fourth-order valence-corrected chi connectivity index (χ4v) is 4.50. The summed E-state index contributed by atoms with van der Waals surface area (Å²) in [6.45, 7) is 2.13. The molecule has 1 saturated carbocycles. The van der Waals surface area contributed by atoms with Gasteiger partial charge in [0.15, 0.2) is 0 Å². The number of halogens is 3. The van der Waals surface area contributed by atoms with E-state index in [1.54, 1.807) is 0 Å². The monoisotopic (exact) mass is 331 g/mol. The largest absolute Gasteiger partial charge is 0.368 e. The molecule has 2 fully saturated rings. The van der Waals surface area contributed by atoms with Crippen molar-refractivity contribution >= 4 is 33.2 Å². The SMILES string of the molecule is Fc1cc(Cl)c(N2CC3(CCCCC3)C2)c(Br)c1. The molecule has 1 aliphatic carbocycles. The maximum Gasteiger partial charge on any atom is 0.125 e. The molecule has 0 atom stereocenters. The molecule has 1 aromatic carbocycles. The first-order chi connectivity index (χ1) is 8.60. The number of benzene rings is 1. The van der Waals surface area contributed by atoms with Gasteiger partial charge < -0.3 is 4.90 Å². The standard InChI is InChI=1S/C14H16BrClFN/c15-11-6-10(17)7-12(16)13(11)18-8-14(9-18)4-2-1-3-5-14/h6-7H,1-5,8-9H2. The van der Waals surface area contributed by atoms with Crippen molar-refractivity contribution in [3.05, 3.63) is 27.4 Å². The van der Waals surface area contributed by atoms with E-state index in [-0.39, 0.29) is 5.82 Å². The molecule has 0 aromatic heterocycles. The van der Waals surface area contributed by atoms with Crippen LogP contribution in [0.25, 0.3) is 0 Å². The fraction of sp³-hybridized carbons (Fsp3) is 0.571. The maximum absolute atomic E-state index is 13.2. The van der Waals surface area contributed by atoms with Gasteiger partial charge in [0, 0.05) is 23.0 Å². The third kappa shape index (κ3) is 2.16. The average Bonchev–Trinajstić information content (AvgIpc) is 2.26. The van der Waals surface area contributed by atoms with Crippen molar-refractivity contribution in [2.45, 2.75) is 32.1 Å². The van der Waals surface area contributed by atoms with Crippen LogP contribution in [0, 0.1) is 11.2 Å². The van der Waals surface area contributed by atoms with Crippen LogP contribution >= 0.6 is 27.5 Å². The van der Waals surface area contributed by atoms with Crippen LogP contribution in [0.15, 0.2) is 16.6 Å². The highest BCUT2D eigenvalue weighted by Gasteiger charge is 2.44. The highest BCUT2D eigenvalue weighted by atomic mass is 79.9. The van der Waals surface area contributed by atoms with Crippen LogP contribution < -0.4 is 4.90 Å². The van der Waals surface area contributed by atoms with E-state index in [9.17, 15) is 4.39 Å². The van der Waals surface area contributed by atoms with Crippen LogP contribution in [-0.2, 0) is 0 Å². The number of anilines is 1. The van der Waals surface area contributed by atoms with Crippen molar-refractivity contribution < 1.29 is 4.39 Å². The van der Waals surface area contributed by atoms with Gasteiger partial charge in [-0.05, 0) is 40.9 Å². The Morgan fingerprint density at radius 3 is 2.44 bits per heavy atom. The first-order valence-electron chi connectivity index (χ1n) is 6.49. The Balaban J connectivity index is 1.78. The summed E-state index contributed by atoms with van der Waals surface area (Å²) in [5, 5.41) is 0.507. The van der Waals surface area contributed by atoms with Gasteiger partial charge in [0.1, 0.15) is 5.82 Å². The van der Waals surface area contributed by atoms with Crippen molar-refractivity contribution in [1.82, 2.24) is 0 Å². The molecule has 2 aliphatic rings. The minimum Gasteiger partial charge on any atom is -0.368 e. The van der Waals surface area contributed by atoms with E-state index in [4.69, 9.17) is 11.6 Å². The molecule has 0 N–H and O–H groups in total. The molecule has 1 aromatic rings. The predicted octanol–water partition coefficient (Wildman–Crippen LogP) is 5.01. The van der Waals surface area contributed by atoms with Gasteiger partial charge in [0.25, 0.3) is 0 Å². The van der Waals surface area contributed by atoms with Crippen LogP contribution in [0.2, 0.25) is 5.02 Å². The number of hydrogen-bond donors (Lipinski definition) is 0. The molecule has 1 nitrogen and oxygen atoms in total. The second-order valence-corrected chi connectivity index (χ2v) is 6.90. The molecular formula is C14H16BrClFN. The lowest BCUT2D eigenvalue weighted by atomic mass is 9.68. The Morgan fingerprint density at radius 1 is 1.17 bits per heavy atom. The lowest BCUT2D eigenvalue weighted by Crippen LogP contribution is -2.57. The van der Waals surface area contributed by atoms with E-state index < -0.39 is 0 Å². The second-order valence-electron chi connectivity index (χ2n) is 5.63. The average molecular weight is 333 g/mol. The van der Waals surface area contributed by atoms with Crippen molar-refractivity contribution in [3.63, 3.8) is 0 Å². The molecule has 3 rings (SSSR count). The molecule has 1 aliphatic heterocycles. The van der Waals surface area contributed by atoms with Crippen LogP contribution in [0.1, 0.15) is 32.1 Å². The Bertz CT molecular complexity index is 440.